The maximum absolute atomic E-state index is 13.8. The Morgan fingerprint density at radius 3 is 2.49 bits per heavy atom. The fourth-order valence-electron chi connectivity index (χ4n) is 4.72. The molecule has 43 heavy (non-hydrogen) atoms. The molecule has 0 atom stereocenters. The number of rotatable bonds is 12. The summed E-state index contributed by atoms with van der Waals surface area (Å²) in [5, 5.41) is 11.9. The normalized spacial score (nSPS) is 12.3. The van der Waals surface area contributed by atoms with Gasteiger partial charge in [0.05, 0.1) is 13.1 Å². The Hall–Kier alpha value is -3.58. The third-order valence-corrected chi connectivity index (χ3v) is 8.01. The zero-order valence-corrected chi connectivity index (χ0v) is 26.8. The van der Waals surface area contributed by atoms with Crippen LogP contribution in [0.5, 0.6) is 0 Å². The first kappa shape index (κ1) is 33.9. The monoisotopic (exact) mass is 631 g/mol. The first-order valence-electron chi connectivity index (χ1n) is 13.9. The fourth-order valence-corrected chi connectivity index (χ4v) is 5.51. The maximum Gasteiger partial charge on any atom is 0.272 e. The Labute approximate surface area is 262 Å². The third-order valence-electron chi connectivity index (χ3n) is 7.12. The molecule has 13 heteroatoms. The Morgan fingerprint density at radius 1 is 1.02 bits per heavy atom. The van der Waals surface area contributed by atoms with Gasteiger partial charge in [0.15, 0.2) is 0 Å². The SMILES string of the molecule is CCNCCNC(=O)CN(CC(=O)N(C)N1Cc2ccc(F)cc2C1)c1cc(-c2nc(C(=O)N(C)C)cs2)ccc1C.Cl. The topological polar surface area (TPSA) is 101 Å². The number of hydrazine groups is 1. The quantitative estimate of drug-likeness (QED) is 0.296. The summed E-state index contributed by atoms with van der Waals surface area (Å²) in [7, 11) is 5.06. The minimum absolute atomic E-state index is 0. The summed E-state index contributed by atoms with van der Waals surface area (Å²) in [5.41, 5.74) is 4.59. The molecule has 2 heterocycles. The molecule has 0 saturated carbocycles. The molecule has 232 valence electrons. The number of benzene rings is 2. The number of carbonyl (C=O) groups excluding carboxylic acids is 3. The van der Waals surface area contributed by atoms with Crippen molar-refractivity contribution < 1.29 is 18.8 Å². The average molecular weight is 632 g/mol. The van der Waals surface area contributed by atoms with Gasteiger partial charge >= 0.3 is 0 Å². The lowest BCUT2D eigenvalue weighted by atomic mass is 10.1. The molecule has 0 spiro atoms. The van der Waals surface area contributed by atoms with E-state index in [2.05, 4.69) is 15.6 Å². The van der Waals surface area contributed by atoms with Crippen LogP contribution in [-0.4, -0.2) is 91.5 Å². The number of amides is 3. The molecule has 0 bridgehead atoms. The van der Waals surface area contributed by atoms with Crippen LogP contribution in [0.4, 0.5) is 10.1 Å². The molecule has 2 aromatic carbocycles. The Balaban J connectivity index is 0.00000506. The smallest absolute Gasteiger partial charge is 0.272 e. The molecule has 3 amide bonds. The van der Waals surface area contributed by atoms with Gasteiger partial charge in [-0.3, -0.25) is 19.4 Å². The highest BCUT2D eigenvalue weighted by molar-refractivity contribution is 7.13. The molecule has 0 unspecified atom stereocenters. The molecule has 0 saturated heterocycles. The number of likely N-dealkylation sites (N-methyl/N-ethyl adjacent to an activating group) is 2. The van der Waals surface area contributed by atoms with Gasteiger partial charge in [0.2, 0.25) is 5.91 Å². The van der Waals surface area contributed by atoms with E-state index in [1.807, 2.05) is 37.1 Å². The van der Waals surface area contributed by atoms with Crippen LogP contribution >= 0.6 is 23.7 Å². The predicted molar refractivity (Wildman–Crippen MR) is 170 cm³/mol. The van der Waals surface area contributed by atoms with Crippen LogP contribution < -0.4 is 15.5 Å². The number of halogens is 2. The van der Waals surface area contributed by atoms with Crippen molar-refractivity contribution in [2.24, 2.45) is 0 Å². The minimum Gasteiger partial charge on any atom is -0.353 e. The summed E-state index contributed by atoms with van der Waals surface area (Å²) >= 11 is 1.36. The van der Waals surface area contributed by atoms with Gasteiger partial charge in [0.1, 0.15) is 16.5 Å². The van der Waals surface area contributed by atoms with Crippen molar-refractivity contribution in [2.75, 3.05) is 58.8 Å². The van der Waals surface area contributed by atoms with Crippen molar-refractivity contribution in [2.45, 2.75) is 26.9 Å². The summed E-state index contributed by atoms with van der Waals surface area (Å²) in [5.74, 6) is -0.891. The van der Waals surface area contributed by atoms with Gasteiger partial charge in [0, 0.05) is 64.0 Å². The summed E-state index contributed by atoms with van der Waals surface area (Å²) in [6, 6.07) is 10.4. The van der Waals surface area contributed by atoms with Crippen LogP contribution in [0, 0.1) is 12.7 Å². The van der Waals surface area contributed by atoms with Crippen molar-refractivity contribution in [1.82, 2.24) is 30.5 Å². The largest absolute Gasteiger partial charge is 0.353 e. The van der Waals surface area contributed by atoms with Gasteiger partial charge in [0.25, 0.3) is 11.8 Å². The molecule has 2 N–H and O–H groups in total. The van der Waals surface area contributed by atoms with Crippen molar-refractivity contribution in [3.05, 3.63) is 70.0 Å². The van der Waals surface area contributed by atoms with Gasteiger partial charge < -0.3 is 20.4 Å². The third kappa shape index (κ3) is 8.50. The van der Waals surface area contributed by atoms with E-state index in [1.54, 1.807) is 42.5 Å². The van der Waals surface area contributed by atoms with E-state index < -0.39 is 0 Å². The highest BCUT2D eigenvalue weighted by Gasteiger charge is 2.28. The standard InChI is InChI=1S/C30H38FN7O3S.ClH/c1-6-32-11-12-33-27(39)17-37(18-28(40)36(5)38-15-22-9-10-24(31)13-23(22)16-38)26-14-21(8-7-20(26)2)29-34-25(19-42-29)30(41)35(3)4;/h7-10,13-14,19,32H,6,11-12,15-18H2,1-5H3,(H,33,39);1H. The van der Waals surface area contributed by atoms with E-state index >= 15 is 0 Å². The molecular weight excluding hydrogens is 593 g/mol. The summed E-state index contributed by atoms with van der Waals surface area (Å²) in [6.45, 7) is 6.69. The predicted octanol–water partition coefficient (Wildman–Crippen LogP) is 3.30. The van der Waals surface area contributed by atoms with Crippen molar-refractivity contribution in [3.63, 3.8) is 0 Å². The number of anilines is 1. The number of carbonyl (C=O) groups is 3. The second-order valence-electron chi connectivity index (χ2n) is 10.5. The molecule has 4 rings (SSSR count). The van der Waals surface area contributed by atoms with Crippen LogP contribution in [0.1, 0.15) is 34.1 Å². The molecule has 1 aliphatic heterocycles. The minimum atomic E-state index is -0.301. The molecular formula is C30H39ClFN7O3S. The van der Waals surface area contributed by atoms with Crippen LogP contribution in [0.2, 0.25) is 0 Å². The van der Waals surface area contributed by atoms with E-state index in [4.69, 9.17) is 0 Å². The first-order chi connectivity index (χ1) is 20.1. The lowest BCUT2D eigenvalue weighted by molar-refractivity contribution is -0.145. The Morgan fingerprint density at radius 2 is 1.77 bits per heavy atom. The molecule has 0 aliphatic carbocycles. The van der Waals surface area contributed by atoms with E-state index in [0.717, 1.165) is 34.5 Å². The molecule has 3 aromatic rings. The number of hydrogen-bond donors (Lipinski definition) is 2. The van der Waals surface area contributed by atoms with E-state index in [1.165, 1.54) is 28.4 Å². The molecule has 0 radical (unpaired) electrons. The van der Waals surface area contributed by atoms with E-state index in [0.29, 0.717) is 36.9 Å². The Bertz CT molecular complexity index is 1450. The Kier molecular flexibility index (Phi) is 12.0. The fraction of sp³-hybridized carbons (Fsp3) is 0.400. The van der Waals surface area contributed by atoms with Crippen LogP contribution in [0.3, 0.4) is 0 Å². The van der Waals surface area contributed by atoms with Crippen LogP contribution in [0.15, 0.2) is 41.8 Å². The number of nitrogens with one attached hydrogen (secondary N) is 2. The summed E-state index contributed by atoms with van der Waals surface area (Å²) in [6.07, 6.45) is 0. The second kappa shape index (κ2) is 15.2. The van der Waals surface area contributed by atoms with Crippen LogP contribution in [0.25, 0.3) is 10.6 Å². The maximum atomic E-state index is 13.8. The van der Waals surface area contributed by atoms with Crippen LogP contribution in [-0.2, 0) is 22.7 Å². The lowest BCUT2D eigenvalue weighted by Gasteiger charge is -2.32. The van der Waals surface area contributed by atoms with Crippen molar-refractivity contribution >= 4 is 47.2 Å². The van der Waals surface area contributed by atoms with Gasteiger partial charge in [-0.25, -0.2) is 14.4 Å². The van der Waals surface area contributed by atoms with Crippen molar-refractivity contribution in [1.29, 1.82) is 0 Å². The van der Waals surface area contributed by atoms with E-state index in [-0.39, 0.29) is 49.0 Å². The molecule has 0 fully saturated rings. The highest BCUT2D eigenvalue weighted by atomic mass is 35.5. The molecule has 1 aliphatic rings. The number of hydrogen-bond acceptors (Lipinski definition) is 8. The summed E-state index contributed by atoms with van der Waals surface area (Å²) in [4.78, 5) is 46.8. The lowest BCUT2D eigenvalue weighted by Crippen LogP contribution is -2.48. The summed E-state index contributed by atoms with van der Waals surface area (Å²) < 4.78 is 13.8. The van der Waals surface area contributed by atoms with Gasteiger partial charge in [-0.15, -0.1) is 23.7 Å². The number of thiazole rings is 1. The molecule has 10 nitrogen and oxygen atoms in total. The number of aromatic nitrogens is 1. The molecule has 1 aromatic heterocycles. The van der Waals surface area contributed by atoms with E-state index in [9.17, 15) is 18.8 Å². The van der Waals surface area contributed by atoms with Crippen molar-refractivity contribution in [3.8, 4) is 10.6 Å². The zero-order valence-electron chi connectivity index (χ0n) is 25.1. The number of fused-ring (bicyclic) bond motifs is 1. The first-order valence-corrected chi connectivity index (χ1v) is 14.7. The average Bonchev–Trinajstić information content (AvgIpc) is 3.62. The van der Waals surface area contributed by atoms with Gasteiger partial charge in [-0.1, -0.05) is 25.1 Å². The zero-order chi connectivity index (χ0) is 30.4. The highest BCUT2D eigenvalue weighted by Crippen LogP contribution is 2.31. The second-order valence-corrected chi connectivity index (χ2v) is 11.3. The van der Waals surface area contributed by atoms with Gasteiger partial charge in [-0.05, 0) is 48.4 Å². The number of nitrogens with zero attached hydrogens (tertiary/aromatic N) is 5. The number of aryl methyl sites for hydroxylation is 1. The van der Waals surface area contributed by atoms with Gasteiger partial charge in [-0.2, -0.15) is 0 Å².